The van der Waals surface area contributed by atoms with Crippen molar-refractivity contribution in [1.29, 1.82) is 0 Å². The molecule has 0 amide bonds. The third-order valence-electron chi connectivity index (χ3n) is 8.57. The standard InChI is InChI=1S/C32H68P.C3H3N3O2/c1-5-9-13-17-18-19-20-21-22-23-24-28-32-33(29-25-14-10-6-2,30-26-15-11-7-3)31-27-16-12-8-4;7-3(8)2-1-4-6-5-2/h5-32H2,1-4H3;1H,(H,7,8)(H,4,5,6)/q+1;/p-1. The molecule has 41 heavy (non-hydrogen) atoms. The molecule has 0 spiro atoms. The Labute approximate surface area is 256 Å². The molecule has 0 saturated carbocycles. The minimum atomic E-state index is -1.32. The topological polar surface area (TPSA) is 81.7 Å². The van der Waals surface area contributed by atoms with Crippen LogP contribution in [0.3, 0.4) is 0 Å². The summed E-state index contributed by atoms with van der Waals surface area (Å²) < 4.78 is 0. The first kappa shape index (κ1) is 40.0. The van der Waals surface area contributed by atoms with Crippen molar-refractivity contribution >= 4 is 13.2 Å². The van der Waals surface area contributed by atoms with E-state index in [1.165, 1.54) is 128 Å². The second-order valence-corrected chi connectivity index (χ2v) is 16.9. The summed E-state index contributed by atoms with van der Waals surface area (Å²) in [4.78, 5) is 9.83. The second kappa shape index (κ2) is 30.5. The number of carbonyl (C=O) groups is 1. The Kier molecular flexibility index (Phi) is 29.8. The first-order chi connectivity index (χ1) is 20.0. The van der Waals surface area contributed by atoms with Crippen molar-refractivity contribution in [2.75, 3.05) is 24.6 Å². The molecule has 1 heterocycles. The number of H-pyrrole nitrogens is 1. The fourth-order valence-corrected chi connectivity index (χ4v) is 10.8. The molecule has 0 aliphatic carbocycles. The molecule has 0 unspecified atom stereocenters. The summed E-state index contributed by atoms with van der Waals surface area (Å²) in [5.74, 6) is -1.32. The molecule has 1 aromatic heterocycles. The predicted octanol–water partition coefficient (Wildman–Crippen LogP) is 10.6. The Morgan fingerprint density at radius 3 is 1.10 bits per heavy atom. The van der Waals surface area contributed by atoms with Crippen molar-refractivity contribution in [1.82, 2.24) is 15.4 Å². The van der Waals surface area contributed by atoms with Crippen LogP contribution in [-0.4, -0.2) is 46.0 Å². The van der Waals surface area contributed by atoms with Crippen LogP contribution in [0.15, 0.2) is 6.20 Å². The van der Waals surface area contributed by atoms with E-state index in [4.69, 9.17) is 0 Å². The van der Waals surface area contributed by atoms with E-state index in [9.17, 15) is 9.90 Å². The van der Waals surface area contributed by atoms with Crippen LogP contribution in [-0.2, 0) is 0 Å². The lowest BCUT2D eigenvalue weighted by Gasteiger charge is -2.28. The number of aromatic carboxylic acids is 1. The molecular weight excluding hydrogens is 525 g/mol. The average Bonchev–Trinajstić information content (AvgIpc) is 3.53. The molecule has 0 radical (unpaired) electrons. The molecule has 0 atom stereocenters. The third-order valence-corrected chi connectivity index (χ3v) is 13.6. The average molecular weight is 596 g/mol. The highest BCUT2D eigenvalue weighted by Crippen LogP contribution is 2.61. The molecule has 0 aromatic carbocycles. The van der Waals surface area contributed by atoms with Crippen molar-refractivity contribution in [3.8, 4) is 0 Å². The quantitative estimate of drug-likeness (QED) is 0.0737. The molecular formula is C35H70N3O2P. The van der Waals surface area contributed by atoms with Gasteiger partial charge in [-0.2, -0.15) is 15.4 Å². The van der Waals surface area contributed by atoms with Gasteiger partial charge in [0.25, 0.3) is 0 Å². The fourth-order valence-electron chi connectivity index (χ4n) is 5.88. The van der Waals surface area contributed by atoms with Gasteiger partial charge in [0.2, 0.25) is 0 Å². The van der Waals surface area contributed by atoms with Gasteiger partial charge in [0.05, 0.1) is 36.8 Å². The number of carbonyl (C=O) groups excluding carboxylic acids is 1. The monoisotopic (exact) mass is 596 g/mol. The zero-order valence-electron chi connectivity index (χ0n) is 28.0. The summed E-state index contributed by atoms with van der Waals surface area (Å²) in [6.45, 7) is 9.41. The summed E-state index contributed by atoms with van der Waals surface area (Å²) in [5.41, 5.74) is -0.176. The summed E-state index contributed by atoms with van der Waals surface area (Å²) in [7, 11) is -0.697. The maximum atomic E-state index is 9.83. The van der Waals surface area contributed by atoms with Gasteiger partial charge < -0.3 is 9.90 Å². The van der Waals surface area contributed by atoms with Crippen LogP contribution in [0.25, 0.3) is 0 Å². The van der Waals surface area contributed by atoms with Gasteiger partial charge in [-0.25, -0.2) is 0 Å². The minimum absolute atomic E-state index is 0.176. The van der Waals surface area contributed by atoms with Gasteiger partial charge in [-0.15, -0.1) is 0 Å². The lowest BCUT2D eigenvalue weighted by atomic mass is 10.1. The van der Waals surface area contributed by atoms with Crippen molar-refractivity contribution in [2.45, 2.75) is 182 Å². The zero-order valence-corrected chi connectivity index (χ0v) is 28.9. The summed E-state index contributed by atoms with van der Waals surface area (Å²) >= 11 is 0. The maximum Gasteiger partial charge on any atom is 0.128 e. The molecule has 0 saturated heterocycles. The first-order valence-corrected chi connectivity index (χ1v) is 20.5. The number of carboxylic acid groups (broad SMARTS) is 1. The number of hydrogen-bond donors (Lipinski definition) is 1. The van der Waals surface area contributed by atoms with Gasteiger partial charge in [0.15, 0.2) is 0 Å². The van der Waals surface area contributed by atoms with Crippen LogP contribution >= 0.6 is 7.26 Å². The normalized spacial score (nSPS) is 11.4. The zero-order chi connectivity index (χ0) is 30.3. The number of nitrogens with zero attached hydrogens (tertiary/aromatic N) is 2. The van der Waals surface area contributed by atoms with E-state index in [0.717, 1.165) is 6.20 Å². The van der Waals surface area contributed by atoms with Crippen molar-refractivity contribution < 1.29 is 9.90 Å². The Balaban J connectivity index is 0.00000170. The van der Waals surface area contributed by atoms with E-state index in [1.54, 1.807) is 50.3 Å². The number of rotatable bonds is 29. The lowest BCUT2D eigenvalue weighted by molar-refractivity contribution is -0.255. The van der Waals surface area contributed by atoms with Gasteiger partial charge in [-0.05, 0) is 51.4 Å². The van der Waals surface area contributed by atoms with Crippen molar-refractivity contribution in [2.24, 2.45) is 0 Å². The Morgan fingerprint density at radius 2 is 0.854 bits per heavy atom. The number of hydrogen-bond acceptors (Lipinski definition) is 4. The molecule has 0 aliphatic heterocycles. The highest BCUT2D eigenvalue weighted by atomic mass is 31.2. The molecule has 0 aliphatic rings. The highest BCUT2D eigenvalue weighted by Gasteiger charge is 2.34. The SMILES string of the molecule is CCCCCCCCCCCCCC[P+](CCCCCC)(CCCCCC)CCCCCC.O=C([O-])c1cn[nH]n1. The van der Waals surface area contributed by atoms with E-state index >= 15 is 0 Å². The smallest absolute Gasteiger partial charge is 0.128 e. The Morgan fingerprint density at radius 1 is 0.561 bits per heavy atom. The van der Waals surface area contributed by atoms with Gasteiger partial charge in [0, 0.05) is 7.26 Å². The largest absolute Gasteiger partial charge is 0.543 e. The van der Waals surface area contributed by atoms with E-state index in [2.05, 4.69) is 43.1 Å². The minimum Gasteiger partial charge on any atom is -0.543 e. The summed E-state index contributed by atoms with van der Waals surface area (Å²) in [6.07, 6.45) is 43.2. The summed E-state index contributed by atoms with van der Waals surface area (Å²) in [5, 5.41) is 18.4. The second-order valence-electron chi connectivity index (χ2n) is 12.4. The third kappa shape index (κ3) is 25.3. The molecule has 5 nitrogen and oxygen atoms in total. The fraction of sp³-hybridized carbons (Fsp3) is 0.914. The first-order valence-electron chi connectivity index (χ1n) is 18.0. The molecule has 0 bridgehead atoms. The Hall–Kier alpha value is -0.960. The van der Waals surface area contributed by atoms with Crippen LogP contribution in [0, 0.1) is 0 Å². The van der Waals surface area contributed by atoms with Crippen LogP contribution in [0.5, 0.6) is 0 Å². The maximum absolute atomic E-state index is 9.83. The Bertz CT molecular complexity index is 623. The molecule has 1 aromatic rings. The number of unbranched alkanes of at least 4 members (excludes halogenated alkanes) is 20. The van der Waals surface area contributed by atoms with Crippen molar-refractivity contribution in [3.05, 3.63) is 11.9 Å². The number of aromatic nitrogens is 3. The molecule has 1 N–H and O–H groups in total. The van der Waals surface area contributed by atoms with Gasteiger partial charge in [-0.3, -0.25) is 0 Å². The molecule has 242 valence electrons. The highest BCUT2D eigenvalue weighted by molar-refractivity contribution is 7.75. The van der Waals surface area contributed by atoms with Crippen molar-refractivity contribution in [3.63, 3.8) is 0 Å². The van der Waals surface area contributed by atoms with Crippen LogP contribution in [0.4, 0.5) is 0 Å². The van der Waals surface area contributed by atoms with Gasteiger partial charge >= 0.3 is 0 Å². The number of carboxylic acids is 1. The van der Waals surface area contributed by atoms with Gasteiger partial charge in [-0.1, -0.05) is 130 Å². The molecule has 1 rings (SSSR count). The lowest BCUT2D eigenvalue weighted by Crippen LogP contribution is -2.22. The molecule has 6 heteroatoms. The predicted molar refractivity (Wildman–Crippen MR) is 181 cm³/mol. The van der Waals surface area contributed by atoms with E-state index in [-0.39, 0.29) is 5.69 Å². The number of nitrogens with one attached hydrogen (secondary N) is 1. The molecule has 0 fully saturated rings. The number of aromatic amines is 1. The van der Waals surface area contributed by atoms with E-state index in [0.29, 0.717) is 0 Å². The summed E-state index contributed by atoms with van der Waals surface area (Å²) in [6, 6.07) is 0. The van der Waals surface area contributed by atoms with Crippen LogP contribution in [0.1, 0.15) is 192 Å². The van der Waals surface area contributed by atoms with Gasteiger partial charge in [0.1, 0.15) is 5.69 Å². The van der Waals surface area contributed by atoms with E-state index in [1.807, 2.05) is 0 Å². The van der Waals surface area contributed by atoms with E-state index < -0.39 is 13.2 Å². The van der Waals surface area contributed by atoms with Crippen LogP contribution in [0.2, 0.25) is 0 Å². The van der Waals surface area contributed by atoms with Crippen LogP contribution < -0.4 is 5.11 Å².